The van der Waals surface area contributed by atoms with Crippen LogP contribution in [0.3, 0.4) is 0 Å². The number of nitrogens with one attached hydrogen (secondary N) is 2. The maximum atomic E-state index is 13.3. The van der Waals surface area contributed by atoms with E-state index in [1.807, 2.05) is 12.1 Å². The van der Waals surface area contributed by atoms with Crippen molar-refractivity contribution in [1.82, 2.24) is 14.5 Å². The minimum absolute atomic E-state index is 0.0719. The van der Waals surface area contributed by atoms with Gasteiger partial charge < -0.3 is 15.5 Å². The number of rotatable bonds is 8. The van der Waals surface area contributed by atoms with Gasteiger partial charge in [-0.1, -0.05) is 24.3 Å². The second kappa shape index (κ2) is 12.4. The Hall–Kier alpha value is -2.82. The van der Waals surface area contributed by atoms with Crippen LogP contribution in [0.4, 0.5) is 14.9 Å². The van der Waals surface area contributed by atoms with Gasteiger partial charge in [0, 0.05) is 49.4 Å². The summed E-state index contributed by atoms with van der Waals surface area (Å²) in [5, 5.41) is 5.88. The summed E-state index contributed by atoms with van der Waals surface area (Å²) in [6.45, 7) is 4.66. The number of ketones is 1. The molecule has 38 heavy (non-hydrogen) atoms. The zero-order chi connectivity index (χ0) is 27.3. The maximum Gasteiger partial charge on any atom is 0.319 e. The first-order valence-electron chi connectivity index (χ1n) is 13.2. The predicted octanol–water partition coefficient (Wildman–Crippen LogP) is 3.75. The number of likely N-dealkylation sites (tertiary alicyclic amines) is 1. The molecule has 2 fully saturated rings. The van der Waals surface area contributed by atoms with Gasteiger partial charge in [-0.25, -0.2) is 21.9 Å². The summed E-state index contributed by atoms with van der Waals surface area (Å²) < 4.78 is 39.4. The molecule has 2 aliphatic heterocycles. The van der Waals surface area contributed by atoms with E-state index in [0.717, 1.165) is 37.9 Å². The Labute approximate surface area is 224 Å². The Morgan fingerprint density at radius 2 is 1.82 bits per heavy atom. The summed E-state index contributed by atoms with van der Waals surface area (Å²) in [4.78, 5) is 26.9. The fourth-order valence-electron chi connectivity index (χ4n) is 5.60. The van der Waals surface area contributed by atoms with Crippen LogP contribution in [0.15, 0.2) is 48.5 Å². The number of hydrogen-bond acceptors (Lipinski definition) is 5. The molecule has 206 valence electrons. The number of Topliss-reactive ketones (excluding diaryl/α,β-unsaturated/α-hetero) is 1. The second-order valence-electron chi connectivity index (χ2n) is 10.6. The van der Waals surface area contributed by atoms with Gasteiger partial charge in [0.05, 0.1) is 6.26 Å². The highest BCUT2D eigenvalue weighted by Gasteiger charge is 2.36. The molecule has 0 aromatic heterocycles. The van der Waals surface area contributed by atoms with Crippen molar-refractivity contribution >= 4 is 27.5 Å². The van der Waals surface area contributed by atoms with Gasteiger partial charge in [-0.15, -0.1) is 0 Å². The number of piperidine rings is 2. The third-order valence-corrected chi connectivity index (χ3v) is 8.81. The van der Waals surface area contributed by atoms with Gasteiger partial charge in [0.15, 0.2) is 5.78 Å². The molecule has 8 nitrogen and oxygen atoms in total. The maximum absolute atomic E-state index is 13.3. The molecule has 10 heteroatoms. The number of nitrogens with zero attached hydrogens (tertiary/aromatic N) is 2. The number of anilines is 1. The van der Waals surface area contributed by atoms with Crippen molar-refractivity contribution in [3.63, 3.8) is 0 Å². The molecule has 0 saturated carbocycles. The SMILES string of the molecule is CC(=O)c1cccc(NC(=O)N[C@@H]2CCN(S(C)(=O)=O)C[C@H]2CN2CCC[C@@H](Cc3ccc(F)cc3)C2)c1. The molecule has 0 bridgehead atoms. The quantitative estimate of drug-likeness (QED) is 0.493. The van der Waals surface area contributed by atoms with Gasteiger partial charge >= 0.3 is 6.03 Å². The van der Waals surface area contributed by atoms with E-state index in [9.17, 15) is 22.4 Å². The van der Waals surface area contributed by atoms with Crippen molar-refractivity contribution in [1.29, 1.82) is 0 Å². The van der Waals surface area contributed by atoms with E-state index in [0.29, 0.717) is 43.2 Å². The number of hydrogen-bond donors (Lipinski definition) is 2. The number of carbonyl (C=O) groups is 2. The highest BCUT2D eigenvalue weighted by molar-refractivity contribution is 7.88. The highest BCUT2D eigenvalue weighted by Crippen LogP contribution is 2.26. The molecule has 2 aliphatic rings. The van der Waals surface area contributed by atoms with E-state index in [1.165, 1.54) is 29.6 Å². The molecular formula is C28H37FN4O4S. The van der Waals surface area contributed by atoms with Crippen LogP contribution in [0.25, 0.3) is 0 Å². The lowest BCUT2D eigenvalue weighted by molar-refractivity contribution is 0.101. The van der Waals surface area contributed by atoms with Gasteiger partial charge in [0.2, 0.25) is 10.0 Å². The highest BCUT2D eigenvalue weighted by atomic mass is 32.2. The van der Waals surface area contributed by atoms with Gasteiger partial charge in [0.1, 0.15) is 5.82 Å². The van der Waals surface area contributed by atoms with Crippen LogP contribution in [0.5, 0.6) is 0 Å². The van der Waals surface area contributed by atoms with Crippen LogP contribution in [-0.4, -0.2) is 74.5 Å². The van der Waals surface area contributed by atoms with Crippen molar-refractivity contribution in [2.24, 2.45) is 11.8 Å². The van der Waals surface area contributed by atoms with E-state index < -0.39 is 10.0 Å². The van der Waals surface area contributed by atoms with E-state index in [4.69, 9.17) is 0 Å². The molecule has 4 rings (SSSR count). The molecule has 3 atom stereocenters. The van der Waals surface area contributed by atoms with E-state index >= 15 is 0 Å². The molecule has 0 aliphatic carbocycles. The van der Waals surface area contributed by atoms with Gasteiger partial charge in [-0.3, -0.25) is 4.79 Å². The van der Waals surface area contributed by atoms with Gasteiger partial charge in [-0.05, 0) is 74.9 Å². The normalized spacial score (nSPS) is 23.1. The average molecular weight is 545 g/mol. The standard InChI is InChI=1S/C28H37FN4O4S/c1-20(34)23-6-3-7-26(16-23)30-28(35)31-27-12-14-33(38(2,36)37)19-24(27)18-32-13-4-5-22(17-32)15-21-8-10-25(29)11-9-21/h3,6-11,16,22,24,27H,4-5,12-15,17-19H2,1-2H3,(H2,30,31,35)/t22-,24+,27+/m0/s1. The zero-order valence-corrected chi connectivity index (χ0v) is 22.8. The van der Waals surface area contributed by atoms with Crippen molar-refractivity contribution < 1.29 is 22.4 Å². The van der Waals surface area contributed by atoms with Crippen LogP contribution in [0.1, 0.15) is 42.1 Å². The smallest absolute Gasteiger partial charge is 0.319 e. The molecule has 2 amide bonds. The topological polar surface area (TPSA) is 98.8 Å². The first kappa shape index (κ1) is 28.2. The molecule has 0 unspecified atom stereocenters. The summed E-state index contributed by atoms with van der Waals surface area (Å²) in [5.74, 6) is 0.0480. The Balaban J connectivity index is 1.40. The van der Waals surface area contributed by atoms with Crippen molar-refractivity contribution in [3.8, 4) is 0 Å². The number of carbonyl (C=O) groups excluding carboxylic acids is 2. The van der Waals surface area contributed by atoms with Crippen LogP contribution in [0.2, 0.25) is 0 Å². The number of halogens is 1. The molecule has 2 saturated heterocycles. The Morgan fingerprint density at radius 1 is 1.05 bits per heavy atom. The van der Waals surface area contributed by atoms with Gasteiger partial charge in [0.25, 0.3) is 0 Å². The monoisotopic (exact) mass is 544 g/mol. The van der Waals surface area contributed by atoms with Gasteiger partial charge in [-0.2, -0.15) is 0 Å². The largest absolute Gasteiger partial charge is 0.335 e. The summed E-state index contributed by atoms with van der Waals surface area (Å²) in [7, 11) is -3.34. The molecule has 2 N–H and O–H groups in total. The Bertz CT molecular complexity index is 1240. The fourth-order valence-corrected chi connectivity index (χ4v) is 6.50. The Kier molecular flexibility index (Phi) is 9.17. The third-order valence-electron chi connectivity index (χ3n) is 7.54. The minimum atomic E-state index is -3.34. The summed E-state index contributed by atoms with van der Waals surface area (Å²) in [5.41, 5.74) is 2.16. The Morgan fingerprint density at radius 3 is 2.53 bits per heavy atom. The first-order valence-corrected chi connectivity index (χ1v) is 15.0. The molecule has 2 heterocycles. The van der Waals surface area contributed by atoms with E-state index in [-0.39, 0.29) is 29.6 Å². The van der Waals surface area contributed by atoms with Crippen LogP contribution >= 0.6 is 0 Å². The molecule has 0 spiro atoms. The zero-order valence-electron chi connectivity index (χ0n) is 22.0. The number of sulfonamides is 1. The third kappa shape index (κ3) is 7.85. The average Bonchev–Trinajstić information content (AvgIpc) is 2.86. The summed E-state index contributed by atoms with van der Waals surface area (Å²) >= 11 is 0. The van der Waals surface area contributed by atoms with Crippen LogP contribution < -0.4 is 10.6 Å². The number of benzene rings is 2. The molecule has 2 aromatic rings. The molecule has 2 aromatic carbocycles. The lowest BCUT2D eigenvalue weighted by atomic mass is 9.88. The first-order chi connectivity index (χ1) is 18.1. The van der Waals surface area contributed by atoms with Crippen molar-refractivity contribution in [2.75, 3.05) is 44.3 Å². The molecular weight excluding hydrogens is 507 g/mol. The second-order valence-corrected chi connectivity index (χ2v) is 12.6. The summed E-state index contributed by atoms with van der Waals surface area (Å²) in [6.07, 6.45) is 4.76. The van der Waals surface area contributed by atoms with Crippen molar-refractivity contribution in [2.45, 2.75) is 38.6 Å². The predicted molar refractivity (Wildman–Crippen MR) is 146 cm³/mol. The van der Waals surface area contributed by atoms with Crippen molar-refractivity contribution in [3.05, 3.63) is 65.5 Å². The van der Waals surface area contributed by atoms with E-state index in [2.05, 4.69) is 15.5 Å². The molecule has 0 radical (unpaired) electrons. The number of amides is 2. The minimum Gasteiger partial charge on any atom is -0.335 e. The fraction of sp³-hybridized carbons (Fsp3) is 0.500. The summed E-state index contributed by atoms with van der Waals surface area (Å²) in [6, 6.07) is 12.9. The lowest BCUT2D eigenvalue weighted by Crippen LogP contribution is -2.56. The lowest BCUT2D eigenvalue weighted by Gasteiger charge is -2.42. The van der Waals surface area contributed by atoms with E-state index in [1.54, 1.807) is 24.3 Å². The number of urea groups is 1. The van der Waals surface area contributed by atoms with Crippen LogP contribution in [0, 0.1) is 17.7 Å². The van der Waals surface area contributed by atoms with Crippen LogP contribution in [-0.2, 0) is 16.4 Å².